The molecule has 1 aliphatic heterocycles. The number of fused-ring (bicyclic) bond motifs is 2. The Bertz CT molecular complexity index is 364. The summed E-state index contributed by atoms with van der Waals surface area (Å²) in [5.74, 6) is 0.959. The van der Waals surface area contributed by atoms with E-state index in [-0.39, 0.29) is 23.8 Å². The number of rotatable bonds is 3. The van der Waals surface area contributed by atoms with Crippen LogP contribution in [0.2, 0.25) is 0 Å². The molecule has 0 amide bonds. The lowest BCUT2D eigenvalue weighted by Gasteiger charge is -2.66. The Hall–Kier alpha value is 0.195. The molecule has 0 aromatic rings. The number of aliphatic hydroxyl groups is 1. The van der Waals surface area contributed by atoms with E-state index in [1.807, 2.05) is 6.92 Å². The second kappa shape index (κ2) is 5.43. The van der Waals surface area contributed by atoms with Crippen LogP contribution in [-0.4, -0.2) is 41.4 Å². The highest BCUT2D eigenvalue weighted by atomic mass is 35.5. The molecule has 4 rings (SSSR count). The molecule has 4 nitrogen and oxygen atoms in total. The fourth-order valence-corrected chi connectivity index (χ4v) is 4.58. The van der Waals surface area contributed by atoms with Gasteiger partial charge in [-0.15, -0.1) is 12.4 Å². The standard InChI is InChI=1S/C14H26BNO3.ClH/c1-13(2)9-7-10(13)14(3,11(17)8-9)19-15(18)12-5-4-6-16-12;/h9-12,16-18H,4-8H2,1-3H3;1H/t9-,10-,11+,12-,14-;/m0./s1. The van der Waals surface area contributed by atoms with Crippen LogP contribution in [0.1, 0.15) is 46.5 Å². The van der Waals surface area contributed by atoms with E-state index in [1.165, 1.54) is 0 Å². The lowest BCUT2D eigenvalue weighted by Crippen LogP contribution is -2.69. The average Bonchev–Trinajstić information content (AvgIpc) is 2.85. The molecule has 1 saturated heterocycles. The molecule has 4 aliphatic rings. The number of hydrogen-bond acceptors (Lipinski definition) is 4. The van der Waals surface area contributed by atoms with E-state index in [1.54, 1.807) is 0 Å². The van der Waals surface area contributed by atoms with Crippen molar-refractivity contribution in [1.29, 1.82) is 0 Å². The van der Waals surface area contributed by atoms with E-state index in [0.717, 1.165) is 32.2 Å². The number of halogens is 1. The molecule has 20 heavy (non-hydrogen) atoms. The maximum absolute atomic E-state index is 10.4. The van der Waals surface area contributed by atoms with E-state index in [4.69, 9.17) is 4.65 Å². The molecule has 3 aliphatic carbocycles. The summed E-state index contributed by atoms with van der Waals surface area (Å²) in [6.45, 7) is 7.46. The second-order valence-electron chi connectivity index (χ2n) is 7.45. The molecule has 116 valence electrons. The van der Waals surface area contributed by atoms with Crippen LogP contribution in [-0.2, 0) is 4.65 Å². The topological polar surface area (TPSA) is 61.7 Å². The van der Waals surface area contributed by atoms with Gasteiger partial charge in [-0.3, -0.25) is 0 Å². The Morgan fingerprint density at radius 3 is 2.50 bits per heavy atom. The maximum atomic E-state index is 10.4. The molecular weight excluding hydrogens is 276 g/mol. The third kappa shape index (κ3) is 2.32. The van der Waals surface area contributed by atoms with Gasteiger partial charge in [0.25, 0.3) is 0 Å². The zero-order valence-corrected chi connectivity index (χ0v) is 13.4. The van der Waals surface area contributed by atoms with Crippen LogP contribution in [0.25, 0.3) is 0 Å². The third-order valence-electron chi connectivity index (χ3n) is 6.15. The van der Waals surface area contributed by atoms with E-state index >= 15 is 0 Å². The Morgan fingerprint density at radius 1 is 1.25 bits per heavy atom. The van der Waals surface area contributed by atoms with Crippen molar-refractivity contribution in [2.45, 2.75) is 64.1 Å². The molecule has 0 spiro atoms. The Kier molecular flexibility index (Phi) is 4.50. The summed E-state index contributed by atoms with van der Waals surface area (Å²) in [7, 11) is -0.810. The van der Waals surface area contributed by atoms with E-state index in [2.05, 4.69) is 19.2 Å². The summed E-state index contributed by atoms with van der Waals surface area (Å²) in [5, 5.41) is 24.0. The Labute approximate surface area is 128 Å². The summed E-state index contributed by atoms with van der Waals surface area (Å²) < 4.78 is 6.00. The molecule has 0 unspecified atom stereocenters. The number of nitrogens with one attached hydrogen (secondary N) is 1. The van der Waals surface area contributed by atoms with Crippen molar-refractivity contribution in [2.24, 2.45) is 17.3 Å². The van der Waals surface area contributed by atoms with Gasteiger partial charge in [0.05, 0.1) is 11.7 Å². The molecule has 0 aromatic heterocycles. The van der Waals surface area contributed by atoms with Crippen LogP contribution in [0.15, 0.2) is 0 Å². The van der Waals surface area contributed by atoms with E-state index < -0.39 is 18.8 Å². The lowest BCUT2D eigenvalue weighted by molar-refractivity contribution is -0.239. The highest BCUT2D eigenvalue weighted by Gasteiger charge is 2.64. The van der Waals surface area contributed by atoms with Crippen molar-refractivity contribution in [3.05, 3.63) is 0 Å². The summed E-state index contributed by atoms with van der Waals surface area (Å²) in [4.78, 5) is 0. The van der Waals surface area contributed by atoms with Gasteiger partial charge in [0.1, 0.15) is 0 Å². The van der Waals surface area contributed by atoms with Crippen molar-refractivity contribution in [2.75, 3.05) is 6.54 Å². The van der Waals surface area contributed by atoms with Gasteiger partial charge in [-0.1, -0.05) is 13.8 Å². The molecule has 3 N–H and O–H groups in total. The van der Waals surface area contributed by atoms with Gasteiger partial charge in [0.2, 0.25) is 0 Å². The summed E-state index contributed by atoms with van der Waals surface area (Å²) in [6.07, 6.45) is 3.49. The molecule has 5 atom stereocenters. The number of hydrogen-bond donors (Lipinski definition) is 3. The van der Waals surface area contributed by atoms with Crippen molar-refractivity contribution in [3.63, 3.8) is 0 Å². The zero-order chi connectivity index (χ0) is 13.8. The minimum absolute atomic E-state index is 0. The molecule has 1 heterocycles. The maximum Gasteiger partial charge on any atom is 0.472 e. The predicted octanol–water partition coefficient (Wildman–Crippen LogP) is 1.38. The normalized spacial score (nSPS) is 45.5. The second-order valence-corrected chi connectivity index (χ2v) is 7.45. The zero-order valence-electron chi connectivity index (χ0n) is 12.6. The average molecular weight is 304 g/mol. The van der Waals surface area contributed by atoms with Crippen molar-refractivity contribution in [1.82, 2.24) is 5.32 Å². The van der Waals surface area contributed by atoms with Crippen LogP contribution < -0.4 is 5.32 Å². The predicted molar refractivity (Wildman–Crippen MR) is 81.7 cm³/mol. The molecule has 0 aromatic carbocycles. The van der Waals surface area contributed by atoms with Gasteiger partial charge in [-0.05, 0) is 56.4 Å². The molecular formula is C14H27BClNO3. The molecule has 0 radical (unpaired) electrons. The fourth-order valence-electron chi connectivity index (χ4n) is 4.58. The fraction of sp³-hybridized carbons (Fsp3) is 1.00. The van der Waals surface area contributed by atoms with Gasteiger partial charge in [0.15, 0.2) is 0 Å². The first-order valence-electron chi connectivity index (χ1n) is 7.63. The van der Waals surface area contributed by atoms with E-state index in [0.29, 0.717) is 11.8 Å². The molecule has 4 fully saturated rings. The summed E-state index contributed by atoms with van der Waals surface area (Å²) >= 11 is 0. The van der Waals surface area contributed by atoms with Gasteiger partial charge >= 0.3 is 7.12 Å². The largest absolute Gasteiger partial charge is 0.472 e. The lowest BCUT2D eigenvalue weighted by atomic mass is 9.43. The van der Waals surface area contributed by atoms with Gasteiger partial charge in [0, 0.05) is 5.94 Å². The Balaban J connectivity index is 0.00000147. The highest BCUT2D eigenvalue weighted by Crippen LogP contribution is 2.63. The summed E-state index contributed by atoms with van der Waals surface area (Å²) in [5.41, 5.74) is -0.390. The smallest absolute Gasteiger partial charge is 0.426 e. The van der Waals surface area contributed by atoms with Crippen LogP contribution in [0.3, 0.4) is 0 Å². The van der Waals surface area contributed by atoms with Crippen molar-refractivity contribution >= 4 is 19.5 Å². The van der Waals surface area contributed by atoms with Gasteiger partial charge in [-0.25, -0.2) is 0 Å². The van der Waals surface area contributed by atoms with Crippen molar-refractivity contribution in [3.8, 4) is 0 Å². The summed E-state index contributed by atoms with van der Waals surface area (Å²) in [6, 6.07) is 0. The van der Waals surface area contributed by atoms with Crippen LogP contribution in [0.4, 0.5) is 0 Å². The van der Waals surface area contributed by atoms with Crippen LogP contribution in [0, 0.1) is 17.3 Å². The first-order valence-corrected chi connectivity index (χ1v) is 7.63. The molecule has 2 bridgehead atoms. The first-order chi connectivity index (χ1) is 8.85. The van der Waals surface area contributed by atoms with Crippen LogP contribution >= 0.6 is 12.4 Å². The van der Waals surface area contributed by atoms with Crippen molar-refractivity contribution < 1.29 is 14.8 Å². The third-order valence-corrected chi connectivity index (χ3v) is 6.15. The first kappa shape index (κ1) is 16.6. The quantitative estimate of drug-likeness (QED) is 0.690. The monoisotopic (exact) mass is 303 g/mol. The van der Waals surface area contributed by atoms with Gasteiger partial charge in [-0.2, -0.15) is 0 Å². The molecule has 6 heteroatoms. The Morgan fingerprint density at radius 2 is 1.95 bits per heavy atom. The molecule has 3 saturated carbocycles. The van der Waals surface area contributed by atoms with Gasteiger partial charge < -0.3 is 20.1 Å². The number of aliphatic hydroxyl groups excluding tert-OH is 1. The minimum Gasteiger partial charge on any atom is -0.426 e. The SMILES string of the molecule is CC1(C)[C@@H]2C[C@@H](O)[C@@](C)(OB(O)[C@@H]3CCCN3)[C@H]1C2.Cl. The van der Waals surface area contributed by atoms with E-state index in [9.17, 15) is 10.1 Å². The highest BCUT2D eigenvalue weighted by molar-refractivity contribution is 6.45. The van der Waals surface area contributed by atoms with Crippen LogP contribution in [0.5, 0.6) is 0 Å². The minimum atomic E-state index is -0.810.